The number of carbonyl (C=O) groups is 1. The Kier molecular flexibility index (Phi) is 6.27. The maximum Gasteiger partial charge on any atom is 0.416 e. The number of hydrogen-bond donors (Lipinski definition) is 2. The molecule has 0 unspecified atom stereocenters. The summed E-state index contributed by atoms with van der Waals surface area (Å²) >= 11 is 1.12. The van der Waals surface area contributed by atoms with E-state index in [2.05, 4.69) is 20.5 Å². The summed E-state index contributed by atoms with van der Waals surface area (Å²) in [7, 11) is 0. The largest absolute Gasteiger partial charge is 0.507 e. The number of aromatic hydroxyl groups is 1. The number of para-hydroxylation sites is 1. The van der Waals surface area contributed by atoms with Gasteiger partial charge in [0.2, 0.25) is 0 Å². The number of halogens is 3. The number of benzene rings is 3. The van der Waals surface area contributed by atoms with Gasteiger partial charge < -0.3 is 10.4 Å². The van der Waals surface area contributed by atoms with E-state index in [4.69, 9.17) is 0 Å². The van der Waals surface area contributed by atoms with Gasteiger partial charge in [-0.15, -0.1) is 0 Å². The number of nitrogens with one attached hydrogen (secondary N) is 1. The Labute approximate surface area is 190 Å². The fraction of sp³-hybridized carbons (Fsp3) is 0.0435. The highest BCUT2D eigenvalue weighted by Crippen LogP contribution is 2.34. The summed E-state index contributed by atoms with van der Waals surface area (Å²) < 4.78 is 38.6. The molecule has 166 valence electrons. The molecular formula is C23H15F3N4O2S. The Bertz CT molecular complexity index is 1290. The van der Waals surface area contributed by atoms with Crippen LogP contribution in [-0.2, 0) is 11.0 Å². The lowest BCUT2D eigenvalue weighted by Crippen LogP contribution is -2.19. The van der Waals surface area contributed by atoms with Crippen LogP contribution in [0, 0.1) is 0 Å². The zero-order chi connectivity index (χ0) is 23.4. The van der Waals surface area contributed by atoms with Crippen molar-refractivity contribution >= 4 is 46.0 Å². The zero-order valence-corrected chi connectivity index (χ0v) is 17.6. The minimum atomic E-state index is -4.48. The number of nitrogens with zero attached hydrogens (tertiary/aromatic N) is 3. The molecule has 0 spiro atoms. The Hall–Kier alpha value is -3.92. The number of phenols is 1. The van der Waals surface area contributed by atoms with Crippen LogP contribution < -0.4 is 5.32 Å². The van der Waals surface area contributed by atoms with E-state index in [9.17, 15) is 23.1 Å². The molecule has 0 aliphatic carbocycles. The number of alkyl halides is 3. The van der Waals surface area contributed by atoms with Crippen LogP contribution in [0.25, 0.3) is 6.08 Å². The lowest BCUT2D eigenvalue weighted by molar-refractivity contribution is -0.137. The Morgan fingerprint density at radius 2 is 1.58 bits per heavy atom. The van der Waals surface area contributed by atoms with Crippen LogP contribution in [0.2, 0.25) is 0 Å². The fourth-order valence-electron chi connectivity index (χ4n) is 2.82. The van der Waals surface area contributed by atoms with Crippen molar-refractivity contribution in [2.24, 2.45) is 15.2 Å². The minimum Gasteiger partial charge on any atom is -0.507 e. The van der Waals surface area contributed by atoms with Crippen molar-refractivity contribution in [3.63, 3.8) is 0 Å². The molecule has 1 aliphatic rings. The van der Waals surface area contributed by atoms with Crippen LogP contribution in [0.3, 0.4) is 0 Å². The maximum absolute atomic E-state index is 12.9. The third kappa shape index (κ3) is 5.66. The highest BCUT2D eigenvalue weighted by molar-refractivity contribution is 8.18. The monoisotopic (exact) mass is 468 g/mol. The summed E-state index contributed by atoms with van der Waals surface area (Å²) in [5.74, 6) is -0.465. The van der Waals surface area contributed by atoms with Gasteiger partial charge in [-0.1, -0.05) is 24.3 Å². The SMILES string of the molecule is O=C1NC(=Nc2ccccc2)S/C1=C\c1cc(N=Nc2cccc(C(F)(F)F)c2)ccc1O. The van der Waals surface area contributed by atoms with Gasteiger partial charge in [-0.2, -0.15) is 23.4 Å². The van der Waals surface area contributed by atoms with Gasteiger partial charge in [0.25, 0.3) is 5.91 Å². The molecule has 0 aromatic heterocycles. The van der Waals surface area contributed by atoms with Gasteiger partial charge in [0.05, 0.1) is 27.5 Å². The van der Waals surface area contributed by atoms with E-state index in [-0.39, 0.29) is 17.3 Å². The molecule has 1 fully saturated rings. The first-order valence-electron chi connectivity index (χ1n) is 9.54. The second kappa shape index (κ2) is 9.29. The average Bonchev–Trinajstić information content (AvgIpc) is 3.13. The smallest absolute Gasteiger partial charge is 0.416 e. The summed E-state index contributed by atoms with van der Waals surface area (Å²) in [4.78, 5) is 17.0. The van der Waals surface area contributed by atoms with E-state index in [1.54, 1.807) is 12.1 Å². The highest BCUT2D eigenvalue weighted by atomic mass is 32.2. The van der Waals surface area contributed by atoms with Crippen molar-refractivity contribution in [2.45, 2.75) is 6.18 Å². The second-order valence-corrected chi connectivity index (χ2v) is 7.84. The Morgan fingerprint density at radius 3 is 2.30 bits per heavy atom. The average molecular weight is 468 g/mol. The van der Waals surface area contributed by atoms with Crippen LogP contribution in [0.15, 0.2) is 92.9 Å². The van der Waals surface area contributed by atoms with Crippen molar-refractivity contribution in [3.8, 4) is 5.75 Å². The molecule has 10 heteroatoms. The summed E-state index contributed by atoms with van der Waals surface area (Å²) in [6.07, 6.45) is -3.00. The van der Waals surface area contributed by atoms with Crippen LogP contribution in [-0.4, -0.2) is 16.2 Å². The molecule has 0 bridgehead atoms. The van der Waals surface area contributed by atoms with Crippen LogP contribution in [0.5, 0.6) is 5.75 Å². The molecular weight excluding hydrogens is 453 g/mol. The van der Waals surface area contributed by atoms with Crippen molar-refractivity contribution in [1.29, 1.82) is 0 Å². The highest BCUT2D eigenvalue weighted by Gasteiger charge is 2.30. The maximum atomic E-state index is 12.9. The first-order valence-corrected chi connectivity index (χ1v) is 10.4. The molecule has 3 aromatic carbocycles. The molecule has 2 N–H and O–H groups in total. The van der Waals surface area contributed by atoms with Gasteiger partial charge in [-0.25, -0.2) is 4.99 Å². The van der Waals surface area contributed by atoms with Gasteiger partial charge >= 0.3 is 6.18 Å². The van der Waals surface area contributed by atoms with Crippen molar-refractivity contribution in [1.82, 2.24) is 5.32 Å². The predicted octanol–water partition coefficient (Wildman–Crippen LogP) is 6.72. The number of carbonyl (C=O) groups excluding carboxylic acids is 1. The normalized spacial score (nSPS) is 16.6. The number of azo groups is 1. The van der Waals surface area contributed by atoms with E-state index < -0.39 is 11.7 Å². The second-order valence-electron chi connectivity index (χ2n) is 6.81. The number of amides is 1. The molecule has 0 radical (unpaired) electrons. The summed E-state index contributed by atoms with van der Waals surface area (Å²) in [5.41, 5.74) is 0.478. The molecule has 1 heterocycles. The molecule has 1 aliphatic heterocycles. The molecule has 6 nitrogen and oxygen atoms in total. The predicted molar refractivity (Wildman–Crippen MR) is 121 cm³/mol. The third-order valence-corrected chi connectivity index (χ3v) is 5.30. The Balaban J connectivity index is 1.55. The van der Waals surface area contributed by atoms with E-state index >= 15 is 0 Å². The molecule has 0 atom stereocenters. The zero-order valence-electron chi connectivity index (χ0n) is 16.7. The number of amidine groups is 1. The quantitative estimate of drug-likeness (QED) is 0.329. The summed E-state index contributed by atoms with van der Waals surface area (Å²) in [6, 6.07) is 17.9. The first-order chi connectivity index (χ1) is 15.8. The van der Waals surface area contributed by atoms with Crippen LogP contribution in [0.4, 0.5) is 30.2 Å². The summed E-state index contributed by atoms with van der Waals surface area (Å²) in [5, 5.41) is 21.0. The van der Waals surface area contributed by atoms with Crippen LogP contribution in [0.1, 0.15) is 11.1 Å². The standard InChI is InChI=1S/C23H15F3N4O2S/c24-23(25,26)15-5-4-8-17(13-15)29-30-18-9-10-19(31)14(11-18)12-20-21(32)28-22(33-20)27-16-6-2-1-3-7-16/h1-13,31H,(H,27,28,32)/b20-12-,30-29?. The van der Waals surface area contributed by atoms with Gasteiger partial charge in [-0.05, 0) is 66.4 Å². The number of thioether (sulfide) groups is 1. The lowest BCUT2D eigenvalue weighted by atomic mass is 10.1. The fourth-order valence-corrected chi connectivity index (χ4v) is 3.65. The molecule has 0 saturated carbocycles. The van der Waals surface area contributed by atoms with E-state index in [1.807, 2.05) is 18.2 Å². The van der Waals surface area contributed by atoms with Gasteiger partial charge in [0.15, 0.2) is 5.17 Å². The van der Waals surface area contributed by atoms with Crippen LogP contribution >= 0.6 is 11.8 Å². The van der Waals surface area contributed by atoms with Gasteiger partial charge in [0.1, 0.15) is 5.75 Å². The van der Waals surface area contributed by atoms with E-state index in [0.29, 0.717) is 27.0 Å². The van der Waals surface area contributed by atoms with Gasteiger partial charge in [0, 0.05) is 5.56 Å². The molecule has 1 saturated heterocycles. The number of hydrogen-bond acceptors (Lipinski definition) is 6. The minimum absolute atomic E-state index is 0.0327. The molecule has 3 aromatic rings. The van der Waals surface area contributed by atoms with Crippen molar-refractivity contribution < 1.29 is 23.1 Å². The van der Waals surface area contributed by atoms with Gasteiger partial charge in [-0.3, -0.25) is 4.79 Å². The lowest BCUT2D eigenvalue weighted by Gasteiger charge is -2.06. The summed E-state index contributed by atoms with van der Waals surface area (Å²) in [6.45, 7) is 0. The third-order valence-electron chi connectivity index (χ3n) is 4.39. The van der Waals surface area contributed by atoms with Crippen molar-refractivity contribution in [2.75, 3.05) is 0 Å². The van der Waals surface area contributed by atoms with Crippen molar-refractivity contribution in [3.05, 3.63) is 88.8 Å². The molecule has 1 amide bonds. The molecule has 33 heavy (non-hydrogen) atoms. The first kappa shape index (κ1) is 22.3. The number of aliphatic imine (C=N–C) groups is 1. The number of phenolic OH excluding ortho intramolecular Hbond substituents is 1. The van der Waals surface area contributed by atoms with E-state index in [1.165, 1.54) is 36.4 Å². The number of rotatable bonds is 4. The molecule has 4 rings (SSSR count). The Morgan fingerprint density at radius 1 is 0.879 bits per heavy atom. The topological polar surface area (TPSA) is 86.4 Å². The van der Waals surface area contributed by atoms with E-state index in [0.717, 1.165) is 23.9 Å².